The highest BCUT2D eigenvalue weighted by molar-refractivity contribution is 5.80. The Labute approximate surface area is 80.9 Å². The second kappa shape index (κ2) is 3.81. The van der Waals surface area contributed by atoms with Gasteiger partial charge in [0.1, 0.15) is 5.78 Å². The highest BCUT2D eigenvalue weighted by Gasteiger charge is 2.31. The van der Waals surface area contributed by atoms with E-state index in [-0.39, 0.29) is 0 Å². The first-order valence-electron chi connectivity index (χ1n) is 5.77. The van der Waals surface area contributed by atoms with Crippen LogP contribution in [0, 0.1) is 17.8 Å². The third-order valence-electron chi connectivity index (χ3n) is 3.93. The van der Waals surface area contributed by atoms with Gasteiger partial charge in [-0.25, -0.2) is 0 Å². The summed E-state index contributed by atoms with van der Waals surface area (Å²) in [6, 6.07) is 0. The Morgan fingerprint density at radius 2 is 2.00 bits per heavy atom. The smallest absolute Gasteiger partial charge is 0.133 e. The highest BCUT2D eigenvalue weighted by Crippen LogP contribution is 2.39. The number of Topliss-reactive ketones (excluding diaryl/α,β-unsaturated/α-hetero) is 1. The van der Waals surface area contributed by atoms with Crippen molar-refractivity contribution >= 4 is 5.78 Å². The van der Waals surface area contributed by atoms with E-state index in [0.29, 0.717) is 5.78 Å². The van der Waals surface area contributed by atoms with Crippen molar-refractivity contribution < 1.29 is 4.79 Å². The van der Waals surface area contributed by atoms with Crippen LogP contribution in [0.2, 0.25) is 0 Å². The summed E-state index contributed by atoms with van der Waals surface area (Å²) in [4.78, 5) is 11.2. The molecule has 74 valence electrons. The van der Waals surface area contributed by atoms with Crippen LogP contribution in [-0.4, -0.2) is 5.78 Å². The van der Waals surface area contributed by atoms with Crippen LogP contribution in [0.5, 0.6) is 0 Å². The molecule has 0 spiro atoms. The maximum absolute atomic E-state index is 11.2. The molecule has 0 radical (unpaired) electrons. The summed E-state index contributed by atoms with van der Waals surface area (Å²) in [5, 5.41) is 0. The molecule has 0 saturated heterocycles. The Balaban J connectivity index is 1.89. The van der Waals surface area contributed by atoms with Crippen molar-refractivity contribution in [3.63, 3.8) is 0 Å². The van der Waals surface area contributed by atoms with Gasteiger partial charge in [0.2, 0.25) is 0 Å². The Morgan fingerprint density at radius 3 is 2.62 bits per heavy atom. The number of ketones is 1. The maximum atomic E-state index is 11.2. The predicted octanol–water partition coefficient (Wildman–Crippen LogP) is 3.18. The van der Waals surface area contributed by atoms with Gasteiger partial charge in [-0.3, -0.25) is 4.79 Å². The van der Waals surface area contributed by atoms with Crippen LogP contribution in [0.1, 0.15) is 51.9 Å². The van der Waals surface area contributed by atoms with Crippen LogP contribution in [-0.2, 0) is 4.79 Å². The second-order valence-electron chi connectivity index (χ2n) is 5.07. The minimum atomic E-state index is 0.517. The number of hydrogen-bond acceptors (Lipinski definition) is 1. The molecule has 0 aromatic rings. The normalized spacial score (nSPS) is 41.0. The van der Waals surface area contributed by atoms with E-state index in [1.807, 2.05) is 0 Å². The van der Waals surface area contributed by atoms with E-state index in [2.05, 4.69) is 6.92 Å². The van der Waals surface area contributed by atoms with Gasteiger partial charge >= 0.3 is 0 Å². The third-order valence-corrected chi connectivity index (χ3v) is 3.93. The second-order valence-corrected chi connectivity index (χ2v) is 5.07. The summed E-state index contributed by atoms with van der Waals surface area (Å²) in [5.74, 6) is 3.07. The molecular formula is C12H20O. The lowest BCUT2D eigenvalue weighted by Gasteiger charge is -2.30. The van der Waals surface area contributed by atoms with Crippen LogP contribution in [0.3, 0.4) is 0 Å². The van der Waals surface area contributed by atoms with Crippen LogP contribution >= 0.6 is 0 Å². The highest BCUT2D eigenvalue weighted by atomic mass is 16.1. The van der Waals surface area contributed by atoms with Crippen molar-refractivity contribution in [1.82, 2.24) is 0 Å². The zero-order chi connectivity index (χ0) is 9.26. The van der Waals surface area contributed by atoms with Gasteiger partial charge in [-0.1, -0.05) is 26.2 Å². The summed E-state index contributed by atoms with van der Waals surface area (Å²) in [6.07, 6.45) is 8.55. The van der Waals surface area contributed by atoms with Gasteiger partial charge in [-0.15, -0.1) is 0 Å². The predicted molar refractivity (Wildman–Crippen MR) is 53.5 cm³/mol. The average molecular weight is 180 g/mol. The molecule has 0 aromatic carbocycles. The molecule has 0 amide bonds. The fourth-order valence-corrected chi connectivity index (χ4v) is 3.15. The van der Waals surface area contributed by atoms with Gasteiger partial charge in [0.05, 0.1) is 0 Å². The Hall–Kier alpha value is -0.330. The van der Waals surface area contributed by atoms with Gasteiger partial charge in [-0.05, 0) is 30.6 Å². The van der Waals surface area contributed by atoms with Crippen molar-refractivity contribution in [2.75, 3.05) is 0 Å². The zero-order valence-corrected chi connectivity index (χ0v) is 8.59. The van der Waals surface area contributed by atoms with Gasteiger partial charge in [0.15, 0.2) is 0 Å². The van der Waals surface area contributed by atoms with Crippen LogP contribution in [0.15, 0.2) is 0 Å². The summed E-state index contributed by atoms with van der Waals surface area (Å²) in [7, 11) is 0. The van der Waals surface area contributed by atoms with Gasteiger partial charge in [0.25, 0.3) is 0 Å². The van der Waals surface area contributed by atoms with Crippen molar-refractivity contribution in [2.24, 2.45) is 17.8 Å². The molecule has 0 heterocycles. The Morgan fingerprint density at radius 1 is 1.15 bits per heavy atom. The Kier molecular flexibility index (Phi) is 2.71. The quantitative estimate of drug-likeness (QED) is 0.605. The van der Waals surface area contributed by atoms with E-state index >= 15 is 0 Å². The maximum Gasteiger partial charge on any atom is 0.133 e. The summed E-state index contributed by atoms with van der Waals surface area (Å²) >= 11 is 0. The van der Waals surface area contributed by atoms with E-state index in [9.17, 15) is 4.79 Å². The number of hydrogen-bond donors (Lipinski definition) is 0. The molecular weight excluding hydrogens is 160 g/mol. The minimum absolute atomic E-state index is 0.517. The monoisotopic (exact) mass is 180 g/mol. The fraction of sp³-hybridized carbons (Fsp3) is 0.917. The molecule has 2 aliphatic rings. The van der Waals surface area contributed by atoms with Crippen molar-refractivity contribution in [3.8, 4) is 0 Å². The molecule has 2 rings (SSSR count). The van der Waals surface area contributed by atoms with Crippen molar-refractivity contribution in [3.05, 3.63) is 0 Å². The van der Waals surface area contributed by atoms with Gasteiger partial charge in [0, 0.05) is 12.8 Å². The molecule has 1 nitrogen and oxygen atoms in total. The molecule has 3 atom stereocenters. The zero-order valence-electron chi connectivity index (χ0n) is 8.59. The number of carbonyl (C=O) groups excluding carboxylic acids is 1. The summed E-state index contributed by atoms with van der Waals surface area (Å²) in [6.45, 7) is 2.36. The molecule has 13 heavy (non-hydrogen) atoms. The molecule has 2 saturated carbocycles. The Bertz CT molecular complexity index is 197. The molecule has 0 aliphatic heterocycles. The van der Waals surface area contributed by atoms with E-state index in [0.717, 1.165) is 30.6 Å². The molecule has 0 aromatic heterocycles. The standard InChI is InChI=1S/C12H20O/c1-9-3-2-4-10(7-9)11-5-6-12(13)8-11/h9-11H,2-8H2,1H3. The van der Waals surface area contributed by atoms with Gasteiger partial charge in [-0.2, -0.15) is 0 Å². The fourth-order valence-electron chi connectivity index (χ4n) is 3.15. The van der Waals surface area contributed by atoms with Gasteiger partial charge < -0.3 is 0 Å². The first kappa shape index (κ1) is 9.23. The largest absolute Gasteiger partial charge is 0.300 e. The molecule has 2 aliphatic carbocycles. The van der Waals surface area contributed by atoms with Crippen molar-refractivity contribution in [1.29, 1.82) is 0 Å². The summed E-state index contributed by atoms with van der Waals surface area (Å²) < 4.78 is 0. The molecule has 1 heteroatoms. The summed E-state index contributed by atoms with van der Waals surface area (Å²) in [5.41, 5.74) is 0. The average Bonchev–Trinajstić information content (AvgIpc) is 2.52. The van der Waals surface area contributed by atoms with E-state index < -0.39 is 0 Å². The van der Waals surface area contributed by atoms with Crippen LogP contribution in [0.4, 0.5) is 0 Å². The number of carbonyl (C=O) groups is 1. The van der Waals surface area contributed by atoms with E-state index in [4.69, 9.17) is 0 Å². The lowest BCUT2D eigenvalue weighted by Crippen LogP contribution is -2.20. The number of rotatable bonds is 1. The first-order chi connectivity index (χ1) is 6.25. The van der Waals surface area contributed by atoms with E-state index in [1.165, 1.54) is 32.1 Å². The lowest BCUT2D eigenvalue weighted by atomic mass is 9.75. The minimum Gasteiger partial charge on any atom is -0.300 e. The topological polar surface area (TPSA) is 17.1 Å². The molecule has 3 unspecified atom stereocenters. The first-order valence-corrected chi connectivity index (χ1v) is 5.77. The van der Waals surface area contributed by atoms with Crippen LogP contribution < -0.4 is 0 Å². The third kappa shape index (κ3) is 2.12. The molecule has 0 N–H and O–H groups in total. The lowest BCUT2D eigenvalue weighted by molar-refractivity contribution is -0.117. The van der Waals surface area contributed by atoms with Crippen LogP contribution in [0.25, 0.3) is 0 Å². The van der Waals surface area contributed by atoms with Crippen molar-refractivity contribution in [2.45, 2.75) is 51.9 Å². The molecule has 2 fully saturated rings. The van der Waals surface area contributed by atoms with E-state index in [1.54, 1.807) is 0 Å². The SMILES string of the molecule is CC1CCCC(C2CCC(=O)C2)C1. The molecule has 0 bridgehead atoms.